The van der Waals surface area contributed by atoms with Gasteiger partial charge < -0.3 is 5.32 Å². The van der Waals surface area contributed by atoms with Crippen LogP contribution in [0.3, 0.4) is 0 Å². The predicted octanol–water partition coefficient (Wildman–Crippen LogP) is 2.76. The SMILES string of the molecule is Fc1ccc(CNc2nnc3n2CCCCC3)cc1. The Morgan fingerprint density at radius 1 is 1.11 bits per heavy atom. The van der Waals surface area contributed by atoms with Gasteiger partial charge in [0.2, 0.25) is 5.95 Å². The van der Waals surface area contributed by atoms with Crippen molar-refractivity contribution < 1.29 is 4.39 Å². The van der Waals surface area contributed by atoms with Gasteiger partial charge >= 0.3 is 0 Å². The van der Waals surface area contributed by atoms with Crippen molar-refractivity contribution in [2.24, 2.45) is 0 Å². The molecule has 19 heavy (non-hydrogen) atoms. The van der Waals surface area contributed by atoms with E-state index in [2.05, 4.69) is 20.1 Å². The lowest BCUT2D eigenvalue weighted by atomic mass is 10.2. The molecular weight excluding hydrogens is 243 g/mol. The molecule has 100 valence electrons. The molecule has 0 aliphatic carbocycles. The van der Waals surface area contributed by atoms with E-state index in [4.69, 9.17) is 0 Å². The zero-order chi connectivity index (χ0) is 13.1. The topological polar surface area (TPSA) is 42.7 Å². The van der Waals surface area contributed by atoms with E-state index in [9.17, 15) is 4.39 Å². The highest BCUT2D eigenvalue weighted by molar-refractivity contribution is 5.29. The van der Waals surface area contributed by atoms with Crippen molar-refractivity contribution in [2.45, 2.75) is 38.8 Å². The normalized spacial score (nSPS) is 14.8. The van der Waals surface area contributed by atoms with Crippen LogP contribution in [-0.2, 0) is 19.5 Å². The first kappa shape index (κ1) is 12.1. The molecule has 1 N–H and O–H groups in total. The fraction of sp³-hybridized carbons (Fsp3) is 0.429. The van der Waals surface area contributed by atoms with E-state index >= 15 is 0 Å². The average molecular weight is 260 g/mol. The van der Waals surface area contributed by atoms with Crippen molar-refractivity contribution in [1.29, 1.82) is 0 Å². The summed E-state index contributed by atoms with van der Waals surface area (Å²) in [5.41, 5.74) is 1.03. The first-order valence-corrected chi connectivity index (χ1v) is 6.73. The second-order valence-electron chi connectivity index (χ2n) is 4.88. The van der Waals surface area contributed by atoms with Crippen molar-refractivity contribution in [2.75, 3.05) is 5.32 Å². The number of nitrogens with zero attached hydrogens (tertiary/aromatic N) is 3. The largest absolute Gasteiger partial charge is 0.350 e. The third-order valence-electron chi connectivity index (χ3n) is 3.47. The minimum atomic E-state index is -0.208. The Morgan fingerprint density at radius 2 is 1.95 bits per heavy atom. The molecule has 0 bridgehead atoms. The summed E-state index contributed by atoms with van der Waals surface area (Å²) in [5.74, 6) is 1.68. The van der Waals surface area contributed by atoms with Crippen LogP contribution in [0.5, 0.6) is 0 Å². The Morgan fingerprint density at radius 3 is 2.79 bits per heavy atom. The smallest absolute Gasteiger partial charge is 0.224 e. The van der Waals surface area contributed by atoms with Crippen LogP contribution in [0.2, 0.25) is 0 Å². The van der Waals surface area contributed by atoms with Crippen LogP contribution in [0.15, 0.2) is 24.3 Å². The molecule has 4 nitrogen and oxygen atoms in total. The van der Waals surface area contributed by atoms with Gasteiger partial charge in [-0.1, -0.05) is 18.6 Å². The molecule has 3 rings (SSSR count). The number of aryl methyl sites for hydroxylation is 1. The van der Waals surface area contributed by atoms with Crippen LogP contribution in [0.25, 0.3) is 0 Å². The molecule has 0 fully saturated rings. The molecule has 1 aromatic heterocycles. The van der Waals surface area contributed by atoms with E-state index in [0.717, 1.165) is 30.3 Å². The van der Waals surface area contributed by atoms with Crippen LogP contribution in [0, 0.1) is 5.82 Å². The standard InChI is InChI=1S/C14H17FN4/c15-12-7-5-11(6-8-12)10-16-14-18-17-13-4-2-1-3-9-19(13)14/h5-8H,1-4,9-10H2,(H,16,18). The fourth-order valence-electron chi connectivity index (χ4n) is 2.40. The zero-order valence-corrected chi connectivity index (χ0v) is 10.8. The zero-order valence-electron chi connectivity index (χ0n) is 10.8. The molecule has 0 radical (unpaired) electrons. The second-order valence-corrected chi connectivity index (χ2v) is 4.88. The number of hydrogen-bond acceptors (Lipinski definition) is 3. The Hall–Kier alpha value is -1.91. The highest BCUT2D eigenvalue weighted by Gasteiger charge is 2.13. The molecule has 5 heteroatoms. The van der Waals surface area contributed by atoms with Gasteiger partial charge in [0.15, 0.2) is 0 Å². The number of rotatable bonds is 3. The Bertz CT molecular complexity index is 547. The Kier molecular flexibility index (Phi) is 3.44. The monoisotopic (exact) mass is 260 g/mol. The molecule has 0 atom stereocenters. The molecule has 0 saturated carbocycles. The summed E-state index contributed by atoms with van der Waals surface area (Å²) in [6.07, 6.45) is 4.62. The van der Waals surface area contributed by atoms with Crippen molar-refractivity contribution in [3.63, 3.8) is 0 Å². The summed E-state index contributed by atoms with van der Waals surface area (Å²) in [7, 11) is 0. The van der Waals surface area contributed by atoms with E-state index in [0.29, 0.717) is 6.54 Å². The number of hydrogen-bond donors (Lipinski definition) is 1. The average Bonchev–Trinajstić information content (AvgIpc) is 2.66. The molecule has 0 unspecified atom stereocenters. The molecule has 0 amide bonds. The molecule has 2 heterocycles. The quantitative estimate of drug-likeness (QED) is 0.922. The van der Waals surface area contributed by atoms with Crippen LogP contribution < -0.4 is 5.32 Å². The third kappa shape index (κ3) is 2.75. The molecule has 1 aliphatic heterocycles. The van der Waals surface area contributed by atoms with Crippen LogP contribution in [-0.4, -0.2) is 14.8 Å². The van der Waals surface area contributed by atoms with Crippen molar-refractivity contribution in [3.8, 4) is 0 Å². The maximum Gasteiger partial charge on any atom is 0.224 e. The van der Waals surface area contributed by atoms with Crippen LogP contribution in [0.4, 0.5) is 10.3 Å². The molecule has 0 spiro atoms. The maximum absolute atomic E-state index is 12.8. The van der Waals surface area contributed by atoms with Crippen molar-refractivity contribution >= 4 is 5.95 Å². The lowest BCUT2D eigenvalue weighted by molar-refractivity contribution is 0.626. The van der Waals surface area contributed by atoms with E-state index in [1.54, 1.807) is 12.1 Å². The minimum Gasteiger partial charge on any atom is -0.350 e. The van der Waals surface area contributed by atoms with E-state index in [1.807, 2.05) is 0 Å². The number of halogens is 1. The summed E-state index contributed by atoms with van der Waals surface area (Å²) in [6, 6.07) is 6.51. The van der Waals surface area contributed by atoms with Crippen molar-refractivity contribution in [3.05, 3.63) is 41.5 Å². The van der Waals surface area contributed by atoms with Gasteiger partial charge in [-0.05, 0) is 30.5 Å². The summed E-state index contributed by atoms with van der Waals surface area (Å²) >= 11 is 0. The second kappa shape index (κ2) is 5.38. The van der Waals surface area contributed by atoms with Gasteiger partial charge in [0.1, 0.15) is 11.6 Å². The number of fused-ring (bicyclic) bond motifs is 1. The van der Waals surface area contributed by atoms with Gasteiger partial charge in [0, 0.05) is 19.5 Å². The molecular formula is C14H17FN4. The van der Waals surface area contributed by atoms with E-state index in [-0.39, 0.29) is 5.82 Å². The van der Waals surface area contributed by atoms with Crippen LogP contribution in [0.1, 0.15) is 30.7 Å². The van der Waals surface area contributed by atoms with Gasteiger partial charge in [-0.3, -0.25) is 4.57 Å². The number of aromatic nitrogens is 3. The van der Waals surface area contributed by atoms with Gasteiger partial charge in [-0.25, -0.2) is 4.39 Å². The summed E-state index contributed by atoms with van der Waals surface area (Å²) in [6.45, 7) is 1.62. The van der Waals surface area contributed by atoms with Gasteiger partial charge in [-0.2, -0.15) is 0 Å². The highest BCUT2D eigenvalue weighted by atomic mass is 19.1. The number of anilines is 1. The highest BCUT2D eigenvalue weighted by Crippen LogP contribution is 2.17. The lowest BCUT2D eigenvalue weighted by Gasteiger charge is -2.09. The summed E-state index contributed by atoms with van der Waals surface area (Å²) < 4.78 is 15.0. The molecule has 1 aromatic carbocycles. The van der Waals surface area contributed by atoms with Crippen LogP contribution >= 0.6 is 0 Å². The fourth-order valence-corrected chi connectivity index (χ4v) is 2.40. The number of nitrogens with one attached hydrogen (secondary N) is 1. The molecule has 2 aromatic rings. The summed E-state index contributed by atoms with van der Waals surface area (Å²) in [5, 5.41) is 11.7. The van der Waals surface area contributed by atoms with Crippen molar-refractivity contribution in [1.82, 2.24) is 14.8 Å². The lowest BCUT2D eigenvalue weighted by Crippen LogP contribution is -2.09. The molecule has 0 saturated heterocycles. The van der Waals surface area contributed by atoms with Gasteiger partial charge in [0.25, 0.3) is 0 Å². The van der Waals surface area contributed by atoms with Gasteiger partial charge in [0.05, 0.1) is 0 Å². The first-order valence-electron chi connectivity index (χ1n) is 6.73. The summed E-state index contributed by atoms with van der Waals surface area (Å²) in [4.78, 5) is 0. The minimum absolute atomic E-state index is 0.208. The maximum atomic E-state index is 12.8. The third-order valence-corrected chi connectivity index (χ3v) is 3.47. The van der Waals surface area contributed by atoms with E-state index in [1.165, 1.54) is 31.4 Å². The van der Waals surface area contributed by atoms with E-state index < -0.39 is 0 Å². The first-order chi connectivity index (χ1) is 9.33. The van der Waals surface area contributed by atoms with Gasteiger partial charge in [-0.15, -0.1) is 10.2 Å². The Balaban J connectivity index is 1.70. The predicted molar refractivity (Wildman–Crippen MR) is 71.3 cm³/mol. The number of benzene rings is 1. The molecule has 1 aliphatic rings. The Labute approximate surface area is 111 Å².